The number of hydrogen-bond acceptors (Lipinski definition) is 2. The zero-order chi connectivity index (χ0) is 13.7. The highest BCUT2D eigenvalue weighted by Gasteiger charge is 2.17. The van der Waals surface area contributed by atoms with E-state index in [1.54, 1.807) is 6.07 Å². The van der Waals surface area contributed by atoms with Gasteiger partial charge in [0.2, 0.25) is 0 Å². The summed E-state index contributed by atoms with van der Waals surface area (Å²) < 4.78 is 14.4. The number of nitrogens with one attached hydrogen (secondary N) is 1. The van der Waals surface area contributed by atoms with Crippen LogP contribution in [0.25, 0.3) is 0 Å². The van der Waals surface area contributed by atoms with Gasteiger partial charge in [-0.2, -0.15) is 0 Å². The van der Waals surface area contributed by atoms with Crippen molar-refractivity contribution in [3.8, 4) is 0 Å². The maximum absolute atomic E-state index is 13.5. The molecule has 1 saturated carbocycles. The van der Waals surface area contributed by atoms with Gasteiger partial charge in [-0.05, 0) is 62.0 Å². The van der Waals surface area contributed by atoms with Crippen molar-refractivity contribution in [1.82, 2.24) is 5.32 Å². The lowest BCUT2D eigenvalue weighted by molar-refractivity contribution is -0.120. The van der Waals surface area contributed by atoms with Crippen LogP contribution in [0.1, 0.15) is 31.2 Å². The molecule has 104 valence electrons. The van der Waals surface area contributed by atoms with E-state index in [1.165, 1.54) is 6.07 Å². The first-order chi connectivity index (χ1) is 9.15. The van der Waals surface area contributed by atoms with Crippen LogP contribution in [0.4, 0.5) is 4.39 Å². The van der Waals surface area contributed by atoms with Gasteiger partial charge in [0.05, 0.1) is 0 Å². The van der Waals surface area contributed by atoms with Crippen LogP contribution in [0, 0.1) is 11.7 Å². The lowest BCUT2D eigenvalue weighted by Crippen LogP contribution is -2.28. The van der Waals surface area contributed by atoms with E-state index >= 15 is 0 Å². The largest absolute Gasteiger partial charge is 0.316 e. The van der Waals surface area contributed by atoms with Crippen molar-refractivity contribution in [2.24, 2.45) is 5.92 Å². The Morgan fingerprint density at radius 1 is 1.32 bits per heavy atom. The van der Waals surface area contributed by atoms with Crippen molar-refractivity contribution >= 4 is 21.7 Å². The number of benzene rings is 1. The number of ketones is 1. The Morgan fingerprint density at radius 2 is 2.05 bits per heavy atom. The van der Waals surface area contributed by atoms with E-state index in [-0.39, 0.29) is 5.82 Å². The van der Waals surface area contributed by atoms with Gasteiger partial charge in [-0.25, -0.2) is 4.39 Å². The molecule has 1 aliphatic rings. The third-order valence-electron chi connectivity index (χ3n) is 3.67. The summed E-state index contributed by atoms with van der Waals surface area (Å²) in [6.07, 6.45) is 4.14. The van der Waals surface area contributed by atoms with E-state index in [4.69, 9.17) is 0 Å². The molecule has 1 aromatic carbocycles. The molecule has 0 atom stereocenters. The Kier molecular flexibility index (Phi) is 5.52. The van der Waals surface area contributed by atoms with Crippen LogP contribution in [0.15, 0.2) is 22.7 Å². The van der Waals surface area contributed by atoms with Gasteiger partial charge in [0.25, 0.3) is 0 Å². The van der Waals surface area contributed by atoms with Gasteiger partial charge in [0.1, 0.15) is 11.6 Å². The third-order valence-corrected chi connectivity index (χ3v) is 4.17. The summed E-state index contributed by atoms with van der Waals surface area (Å²) in [5.74, 6) is 0.853. The summed E-state index contributed by atoms with van der Waals surface area (Å²) >= 11 is 3.35. The molecule has 2 nitrogen and oxygen atoms in total. The third kappa shape index (κ3) is 4.69. The van der Waals surface area contributed by atoms with Crippen LogP contribution in [-0.2, 0) is 11.2 Å². The van der Waals surface area contributed by atoms with Crippen LogP contribution in [0.2, 0.25) is 0 Å². The predicted octanol–water partition coefficient (Wildman–Crippen LogP) is 3.48. The van der Waals surface area contributed by atoms with Gasteiger partial charge in [-0.1, -0.05) is 15.9 Å². The van der Waals surface area contributed by atoms with Crippen molar-refractivity contribution in [2.75, 3.05) is 13.1 Å². The molecule has 0 bridgehead atoms. The van der Waals surface area contributed by atoms with Gasteiger partial charge in [0.15, 0.2) is 0 Å². The monoisotopic (exact) mass is 327 g/mol. The number of rotatable bonds is 5. The van der Waals surface area contributed by atoms with E-state index in [2.05, 4.69) is 21.2 Å². The molecule has 1 fully saturated rings. The van der Waals surface area contributed by atoms with Crippen LogP contribution < -0.4 is 5.32 Å². The summed E-state index contributed by atoms with van der Waals surface area (Å²) in [5, 5.41) is 3.37. The summed E-state index contributed by atoms with van der Waals surface area (Å²) in [4.78, 5) is 11.1. The molecule has 2 rings (SSSR count). The molecule has 0 spiro atoms. The number of halogens is 2. The average Bonchev–Trinajstić information content (AvgIpc) is 2.40. The molecule has 0 aliphatic heterocycles. The fourth-order valence-corrected chi connectivity index (χ4v) is 2.88. The van der Waals surface area contributed by atoms with Crippen molar-refractivity contribution < 1.29 is 9.18 Å². The molecule has 4 heteroatoms. The number of carbonyl (C=O) groups is 1. The second-order valence-corrected chi connectivity index (χ2v) is 6.09. The summed E-state index contributed by atoms with van der Waals surface area (Å²) in [7, 11) is 0. The zero-order valence-corrected chi connectivity index (χ0v) is 12.5. The fourth-order valence-electron chi connectivity index (χ4n) is 2.47. The van der Waals surface area contributed by atoms with Gasteiger partial charge < -0.3 is 5.32 Å². The summed E-state index contributed by atoms with van der Waals surface area (Å²) in [5.41, 5.74) is 0.737. The number of carbonyl (C=O) groups excluding carboxylic acids is 1. The Morgan fingerprint density at radius 3 is 2.79 bits per heavy atom. The lowest BCUT2D eigenvalue weighted by atomic mass is 9.88. The molecule has 0 amide bonds. The molecule has 0 saturated heterocycles. The van der Waals surface area contributed by atoms with Crippen LogP contribution in [-0.4, -0.2) is 18.9 Å². The Labute approximate surface area is 121 Å². The predicted molar refractivity (Wildman–Crippen MR) is 77.6 cm³/mol. The van der Waals surface area contributed by atoms with E-state index in [1.807, 2.05) is 6.07 Å². The maximum Gasteiger partial charge on any atom is 0.132 e. The first-order valence-corrected chi connectivity index (χ1v) is 7.61. The minimum Gasteiger partial charge on any atom is -0.316 e. The summed E-state index contributed by atoms with van der Waals surface area (Å²) in [6.45, 7) is 1.71. The molecule has 0 unspecified atom stereocenters. The topological polar surface area (TPSA) is 29.1 Å². The molecule has 0 heterocycles. The quantitative estimate of drug-likeness (QED) is 0.839. The molecule has 19 heavy (non-hydrogen) atoms. The minimum absolute atomic E-state index is 0.145. The molecule has 0 radical (unpaired) electrons. The average molecular weight is 328 g/mol. The SMILES string of the molecule is O=C1CCC(CNCCc2cc(Br)ccc2F)CC1. The highest BCUT2D eigenvalue weighted by Crippen LogP contribution is 2.20. The van der Waals surface area contributed by atoms with Gasteiger partial charge >= 0.3 is 0 Å². The van der Waals surface area contributed by atoms with Crippen molar-refractivity contribution in [3.05, 3.63) is 34.1 Å². The van der Waals surface area contributed by atoms with Gasteiger partial charge in [-0.3, -0.25) is 4.79 Å². The molecular formula is C15H19BrFNO. The number of Topliss-reactive ketones (excluding diaryl/α,β-unsaturated/α-hetero) is 1. The second kappa shape index (κ2) is 7.15. The smallest absolute Gasteiger partial charge is 0.132 e. The molecule has 1 aliphatic carbocycles. The number of hydrogen-bond donors (Lipinski definition) is 1. The lowest BCUT2D eigenvalue weighted by Gasteiger charge is -2.21. The first kappa shape index (κ1) is 14.7. The van der Waals surface area contributed by atoms with E-state index < -0.39 is 0 Å². The Balaban J connectivity index is 1.69. The Bertz CT molecular complexity index is 440. The van der Waals surface area contributed by atoms with E-state index in [0.29, 0.717) is 18.1 Å². The van der Waals surface area contributed by atoms with Crippen molar-refractivity contribution in [3.63, 3.8) is 0 Å². The van der Waals surface area contributed by atoms with Crippen molar-refractivity contribution in [2.45, 2.75) is 32.1 Å². The van der Waals surface area contributed by atoms with Gasteiger partial charge in [0, 0.05) is 17.3 Å². The summed E-state index contributed by atoms with van der Waals surface area (Å²) in [6, 6.07) is 5.04. The van der Waals surface area contributed by atoms with Gasteiger partial charge in [-0.15, -0.1) is 0 Å². The second-order valence-electron chi connectivity index (χ2n) is 5.17. The molecule has 1 N–H and O–H groups in total. The highest BCUT2D eigenvalue weighted by molar-refractivity contribution is 9.10. The fraction of sp³-hybridized carbons (Fsp3) is 0.533. The standard InChI is InChI=1S/C15H19BrFNO/c16-13-3-6-15(17)12(9-13)7-8-18-10-11-1-4-14(19)5-2-11/h3,6,9,11,18H,1-2,4-5,7-8,10H2. The van der Waals surface area contributed by atoms with Crippen molar-refractivity contribution in [1.29, 1.82) is 0 Å². The molecule has 0 aromatic heterocycles. The molecule has 1 aromatic rings. The highest BCUT2D eigenvalue weighted by atomic mass is 79.9. The van der Waals surface area contributed by atoms with E-state index in [9.17, 15) is 9.18 Å². The zero-order valence-electron chi connectivity index (χ0n) is 10.9. The minimum atomic E-state index is -0.145. The van der Waals surface area contributed by atoms with Crippen LogP contribution in [0.3, 0.4) is 0 Å². The maximum atomic E-state index is 13.5. The first-order valence-electron chi connectivity index (χ1n) is 6.81. The van der Waals surface area contributed by atoms with Crippen LogP contribution in [0.5, 0.6) is 0 Å². The van der Waals surface area contributed by atoms with E-state index in [0.717, 1.165) is 48.8 Å². The molecular weight excluding hydrogens is 309 g/mol. The Hall–Kier alpha value is -0.740. The normalized spacial score (nSPS) is 16.8. The van der Waals surface area contributed by atoms with Crippen LogP contribution >= 0.6 is 15.9 Å².